The zero-order chi connectivity index (χ0) is 16.2. The van der Waals surface area contributed by atoms with E-state index in [0.29, 0.717) is 23.9 Å². The van der Waals surface area contributed by atoms with E-state index in [4.69, 9.17) is 0 Å². The average Bonchev–Trinajstić information content (AvgIpc) is 2.80. The third kappa shape index (κ3) is 4.42. The van der Waals surface area contributed by atoms with Gasteiger partial charge in [0.15, 0.2) is 5.96 Å². The Kier molecular flexibility index (Phi) is 5.37. The van der Waals surface area contributed by atoms with Gasteiger partial charge in [-0.05, 0) is 36.8 Å². The van der Waals surface area contributed by atoms with E-state index in [1.165, 1.54) is 12.1 Å². The van der Waals surface area contributed by atoms with Crippen molar-refractivity contribution in [2.45, 2.75) is 33.6 Å². The highest BCUT2D eigenvalue weighted by Gasteiger charge is 2.30. The Morgan fingerprint density at radius 1 is 1.36 bits per heavy atom. The second-order valence-corrected chi connectivity index (χ2v) is 6.56. The number of guanidine groups is 1. The summed E-state index contributed by atoms with van der Waals surface area (Å²) in [6.45, 7) is 9.81. The molecule has 0 radical (unpaired) electrons. The third-order valence-electron chi connectivity index (χ3n) is 3.97. The first kappa shape index (κ1) is 16.7. The fourth-order valence-corrected chi connectivity index (χ4v) is 2.73. The minimum Gasteiger partial charge on any atom is -0.357 e. The van der Waals surface area contributed by atoms with Crippen molar-refractivity contribution in [3.8, 4) is 0 Å². The number of aliphatic imine (C=N–C) groups is 1. The topological polar surface area (TPSA) is 27.6 Å². The van der Waals surface area contributed by atoms with Crippen LogP contribution in [0.5, 0.6) is 0 Å². The van der Waals surface area contributed by atoms with E-state index in [1.54, 1.807) is 0 Å². The van der Waals surface area contributed by atoms with Gasteiger partial charge in [0.25, 0.3) is 0 Å². The number of hydrogen-bond acceptors (Lipinski definition) is 1. The maximum Gasteiger partial charge on any atom is 0.193 e. The van der Waals surface area contributed by atoms with Crippen molar-refractivity contribution in [2.75, 3.05) is 26.2 Å². The van der Waals surface area contributed by atoms with Crippen LogP contribution in [-0.4, -0.2) is 37.0 Å². The van der Waals surface area contributed by atoms with E-state index in [1.807, 2.05) is 6.92 Å². The van der Waals surface area contributed by atoms with Gasteiger partial charge in [-0.15, -0.1) is 0 Å². The van der Waals surface area contributed by atoms with Gasteiger partial charge in [0, 0.05) is 32.2 Å². The summed E-state index contributed by atoms with van der Waals surface area (Å²) >= 11 is 0. The van der Waals surface area contributed by atoms with E-state index < -0.39 is 11.6 Å². The van der Waals surface area contributed by atoms with Crippen LogP contribution in [0, 0.1) is 17.0 Å². The summed E-state index contributed by atoms with van der Waals surface area (Å²) in [5, 5.41) is 3.29. The van der Waals surface area contributed by atoms with Gasteiger partial charge in [0.1, 0.15) is 11.6 Å². The molecule has 1 saturated heterocycles. The second-order valence-electron chi connectivity index (χ2n) is 6.56. The molecule has 1 fully saturated rings. The highest BCUT2D eigenvalue weighted by molar-refractivity contribution is 5.80. The molecule has 2 rings (SSSR count). The van der Waals surface area contributed by atoms with E-state index in [-0.39, 0.29) is 0 Å². The SMILES string of the molecule is CCNC(=NCCc1ccc(F)cc1F)N1CCC(C)(C)C1. The molecule has 0 bridgehead atoms. The molecule has 0 spiro atoms. The normalized spacial score (nSPS) is 17.9. The van der Waals surface area contributed by atoms with Crippen molar-refractivity contribution < 1.29 is 8.78 Å². The Hall–Kier alpha value is -1.65. The molecule has 1 aromatic carbocycles. The van der Waals surface area contributed by atoms with Crippen LogP contribution in [0.4, 0.5) is 8.78 Å². The standard InChI is InChI=1S/C17H25F2N3/c1-4-20-16(22-10-8-17(2,3)12-22)21-9-7-13-5-6-14(18)11-15(13)19/h5-6,11H,4,7-10,12H2,1-3H3,(H,20,21). The fourth-order valence-electron chi connectivity index (χ4n) is 2.73. The summed E-state index contributed by atoms with van der Waals surface area (Å²) < 4.78 is 26.5. The number of likely N-dealkylation sites (tertiary alicyclic amines) is 1. The first-order chi connectivity index (χ1) is 10.4. The maximum absolute atomic E-state index is 13.6. The van der Waals surface area contributed by atoms with E-state index >= 15 is 0 Å². The van der Waals surface area contributed by atoms with Crippen LogP contribution in [0.25, 0.3) is 0 Å². The number of nitrogens with one attached hydrogen (secondary N) is 1. The number of benzene rings is 1. The lowest BCUT2D eigenvalue weighted by Gasteiger charge is -2.23. The first-order valence-corrected chi connectivity index (χ1v) is 7.88. The van der Waals surface area contributed by atoms with E-state index in [9.17, 15) is 8.78 Å². The lowest BCUT2D eigenvalue weighted by molar-refractivity contribution is 0.370. The Morgan fingerprint density at radius 3 is 2.73 bits per heavy atom. The fraction of sp³-hybridized carbons (Fsp3) is 0.588. The molecule has 1 heterocycles. The molecule has 22 heavy (non-hydrogen) atoms. The van der Waals surface area contributed by atoms with Gasteiger partial charge in [0.2, 0.25) is 0 Å². The molecule has 0 aromatic heterocycles. The summed E-state index contributed by atoms with van der Waals surface area (Å²) in [6.07, 6.45) is 1.61. The van der Waals surface area contributed by atoms with Gasteiger partial charge < -0.3 is 10.2 Å². The van der Waals surface area contributed by atoms with Crippen LogP contribution in [0.3, 0.4) is 0 Å². The molecule has 0 amide bonds. The Balaban J connectivity index is 1.98. The lowest BCUT2D eigenvalue weighted by atomic mass is 9.93. The van der Waals surface area contributed by atoms with Crippen LogP contribution in [0.2, 0.25) is 0 Å². The smallest absolute Gasteiger partial charge is 0.193 e. The Labute approximate surface area is 131 Å². The molecule has 1 aromatic rings. The zero-order valence-electron chi connectivity index (χ0n) is 13.6. The molecule has 0 unspecified atom stereocenters. The van der Waals surface area contributed by atoms with Crippen LogP contribution >= 0.6 is 0 Å². The molecular formula is C17H25F2N3. The van der Waals surface area contributed by atoms with Crippen LogP contribution in [0.15, 0.2) is 23.2 Å². The van der Waals surface area contributed by atoms with Gasteiger partial charge in [-0.25, -0.2) is 8.78 Å². The largest absolute Gasteiger partial charge is 0.357 e. The van der Waals surface area contributed by atoms with Crippen molar-refractivity contribution in [1.82, 2.24) is 10.2 Å². The highest BCUT2D eigenvalue weighted by atomic mass is 19.1. The third-order valence-corrected chi connectivity index (χ3v) is 3.97. The monoisotopic (exact) mass is 309 g/mol. The predicted octanol–water partition coefficient (Wildman–Crippen LogP) is 3.20. The van der Waals surface area contributed by atoms with Crippen molar-refractivity contribution >= 4 is 5.96 Å². The van der Waals surface area contributed by atoms with Gasteiger partial charge in [-0.3, -0.25) is 4.99 Å². The van der Waals surface area contributed by atoms with E-state index in [0.717, 1.165) is 38.1 Å². The molecule has 3 nitrogen and oxygen atoms in total. The van der Waals surface area contributed by atoms with Crippen LogP contribution < -0.4 is 5.32 Å². The lowest BCUT2D eigenvalue weighted by Crippen LogP contribution is -2.40. The van der Waals surface area contributed by atoms with Crippen molar-refractivity contribution in [2.24, 2.45) is 10.4 Å². The number of rotatable bonds is 4. The number of halogens is 2. The molecule has 1 aliphatic rings. The van der Waals surface area contributed by atoms with Gasteiger partial charge in [0.05, 0.1) is 0 Å². The molecule has 0 aliphatic carbocycles. The first-order valence-electron chi connectivity index (χ1n) is 7.88. The zero-order valence-corrected chi connectivity index (χ0v) is 13.6. The molecule has 1 N–H and O–H groups in total. The molecule has 1 aliphatic heterocycles. The summed E-state index contributed by atoms with van der Waals surface area (Å²) in [5.74, 6) is -0.157. The van der Waals surface area contributed by atoms with Gasteiger partial charge in [-0.1, -0.05) is 19.9 Å². The minimum atomic E-state index is -0.544. The van der Waals surface area contributed by atoms with Crippen LogP contribution in [0.1, 0.15) is 32.8 Å². The van der Waals surface area contributed by atoms with Crippen molar-refractivity contribution in [3.05, 3.63) is 35.4 Å². The molecule has 5 heteroatoms. The quantitative estimate of drug-likeness (QED) is 0.683. The van der Waals surface area contributed by atoms with Crippen molar-refractivity contribution in [1.29, 1.82) is 0 Å². The summed E-state index contributed by atoms with van der Waals surface area (Å²) in [5.41, 5.74) is 0.807. The van der Waals surface area contributed by atoms with Gasteiger partial charge >= 0.3 is 0 Å². The summed E-state index contributed by atoms with van der Waals surface area (Å²) in [7, 11) is 0. The van der Waals surface area contributed by atoms with Gasteiger partial charge in [-0.2, -0.15) is 0 Å². The molecule has 0 atom stereocenters. The predicted molar refractivity (Wildman–Crippen MR) is 86.0 cm³/mol. The Morgan fingerprint density at radius 2 is 2.14 bits per heavy atom. The molecule has 0 saturated carbocycles. The molecular weight excluding hydrogens is 284 g/mol. The minimum absolute atomic E-state index is 0.305. The second kappa shape index (κ2) is 7.07. The van der Waals surface area contributed by atoms with E-state index in [2.05, 4.69) is 29.1 Å². The average molecular weight is 309 g/mol. The Bertz CT molecular complexity index is 541. The number of hydrogen-bond donors (Lipinski definition) is 1. The van der Waals surface area contributed by atoms with Crippen molar-refractivity contribution in [3.63, 3.8) is 0 Å². The number of nitrogens with zero attached hydrogens (tertiary/aromatic N) is 2. The molecule has 122 valence electrons. The highest BCUT2D eigenvalue weighted by Crippen LogP contribution is 2.28. The van der Waals surface area contributed by atoms with Crippen LogP contribution in [-0.2, 0) is 6.42 Å². The summed E-state index contributed by atoms with van der Waals surface area (Å²) in [6, 6.07) is 3.70. The maximum atomic E-state index is 13.6. The summed E-state index contributed by atoms with van der Waals surface area (Å²) in [4.78, 5) is 6.85.